The van der Waals surface area contributed by atoms with Crippen LogP contribution in [-0.4, -0.2) is 15.2 Å². The number of hydrogen-bond donors (Lipinski definition) is 0. The van der Waals surface area contributed by atoms with Crippen LogP contribution in [0.4, 0.5) is 13.2 Å². The van der Waals surface area contributed by atoms with Gasteiger partial charge in [0.05, 0.1) is 5.56 Å². The second-order valence-corrected chi connectivity index (χ2v) is 5.04. The van der Waals surface area contributed by atoms with Crippen LogP contribution in [0.3, 0.4) is 0 Å². The van der Waals surface area contributed by atoms with Crippen molar-refractivity contribution in [1.82, 2.24) is 15.2 Å². The zero-order chi connectivity index (χ0) is 11.8. The number of halogens is 4. The third kappa shape index (κ3) is 2.38. The van der Waals surface area contributed by atoms with Gasteiger partial charge in [0.15, 0.2) is 8.92 Å². The summed E-state index contributed by atoms with van der Waals surface area (Å²) in [5.74, 6) is 0. The molecule has 0 fully saturated rings. The van der Waals surface area contributed by atoms with E-state index in [1.54, 1.807) is 0 Å². The first-order valence-electron chi connectivity index (χ1n) is 3.99. The lowest BCUT2D eigenvalue weighted by atomic mass is 10.2. The highest BCUT2D eigenvalue weighted by Gasteiger charge is 2.30. The maximum Gasteiger partial charge on any atom is 0.417 e. The Morgan fingerprint density at radius 3 is 2.38 bits per heavy atom. The van der Waals surface area contributed by atoms with Gasteiger partial charge < -0.3 is 0 Å². The fourth-order valence-corrected chi connectivity index (χ4v) is 2.08. The molecule has 0 aliphatic rings. The van der Waals surface area contributed by atoms with Crippen molar-refractivity contribution in [1.29, 1.82) is 0 Å². The number of aromatic nitrogens is 3. The molecule has 0 spiro atoms. The molecule has 16 heavy (non-hydrogen) atoms. The van der Waals surface area contributed by atoms with Gasteiger partial charge in [-0.3, -0.25) is 4.98 Å². The van der Waals surface area contributed by atoms with Crippen molar-refractivity contribution in [3.05, 3.63) is 27.8 Å². The SMILES string of the molecule is FC(F)(F)c1ccc(-c2nnc(Br)s2)nc1. The number of nitrogens with zero attached hydrogens (tertiary/aromatic N) is 3. The van der Waals surface area contributed by atoms with Crippen molar-refractivity contribution in [3.8, 4) is 10.7 Å². The van der Waals surface area contributed by atoms with E-state index in [4.69, 9.17) is 0 Å². The van der Waals surface area contributed by atoms with Gasteiger partial charge in [0, 0.05) is 6.20 Å². The van der Waals surface area contributed by atoms with Crippen molar-refractivity contribution in [2.45, 2.75) is 6.18 Å². The lowest BCUT2D eigenvalue weighted by Gasteiger charge is -2.05. The molecule has 0 amide bonds. The lowest BCUT2D eigenvalue weighted by molar-refractivity contribution is -0.137. The van der Waals surface area contributed by atoms with Crippen LogP contribution < -0.4 is 0 Å². The summed E-state index contributed by atoms with van der Waals surface area (Å²) in [6.45, 7) is 0. The monoisotopic (exact) mass is 309 g/mol. The summed E-state index contributed by atoms with van der Waals surface area (Å²) in [6.07, 6.45) is -3.59. The first kappa shape index (κ1) is 11.5. The van der Waals surface area contributed by atoms with Crippen molar-refractivity contribution in [3.63, 3.8) is 0 Å². The van der Waals surface area contributed by atoms with E-state index < -0.39 is 11.7 Å². The number of pyridine rings is 1. The topological polar surface area (TPSA) is 38.7 Å². The third-order valence-corrected chi connectivity index (χ3v) is 3.09. The quantitative estimate of drug-likeness (QED) is 0.810. The minimum absolute atomic E-state index is 0.371. The van der Waals surface area contributed by atoms with Gasteiger partial charge in [0.1, 0.15) is 5.69 Å². The van der Waals surface area contributed by atoms with E-state index in [0.717, 1.165) is 12.3 Å². The zero-order valence-electron chi connectivity index (χ0n) is 7.49. The summed E-state index contributed by atoms with van der Waals surface area (Å²) in [5.41, 5.74) is -0.406. The van der Waals surface area contributed by atoms with Crippen molar-refractivity contribution in [2.24, 2.45) is 0 Å². The summed E-state index contributed by atoms with van der Waals surface area (Å²) in [4.78, 5) is 3.70. The minimum atomic E-state index is -4.37. The average Bonchev–Trinajstić information content (AvgIpc) is 2.64. The van der Waals surface area contributed by atoms with Crippen molar-refractivity contribution >= 4 is 27.3 Å². The van der Waals surface area contributed by atoms with Gasteiger partial charge in [-0.05, 0) is 28.1 Å². The summed E-state index contributed by atoms with van der Waals surface area (Å²) >= 11 is 4.32. The van der Waals surface area contributed by atoms with E-state index in [-0.39, 0.29) is 0 Å². The van der Waals surface area contributed by atoms with Gasteiger partial charge in [-0.15, -0.1) is 10.2 Å². The molecule has 2 aromatic heterocycles. The fourth-order valence-electron chi connectivity index (χ4n) is 0.997. The van der Waals surface area contributed by atoms with Crippen molar-refractivity contribution < 1.29 is 13.2 Å². The molecule has 0 saturated heterocycles. The molecule has 0 radical (unpaired) electrons. The predicted octanol–water partition coefficient (Wildman–Crippen LogP) is 3.38. The van der Waals surface area contributed by atoms with Crippen LogP contribution in [0.2, 0.25) is 0 Å². The molecule has 0 unspecified atom stereocenters. The fraction of sp³-hybridized carbons (Fsp3) is 0.125. The minimum Gasteiger partial charge on any atom is -0.253 e. The Kier molecular flexibility index (Phi) is 2.94. The molecule has 2 rings (SSSR count). The second kappa shape index (κ2) is 4.10. The molecule has 0 N–H and O–H groups in total. The third-order valence-electron chi connectivity index (χ3n) is 1.71. The molecule has 8 heteroatoms. The van der Waals surface area contributed by atoms with E-state index in [2.05, 4.69) is 31.1 Å². The van der Waals surface area contributed by atoms with Crippen LogP contribution in [0, 0.1) is 0 Å². The molecule has 0 aliphatic heterocycles. The predicted molar refractivity (Wildman–Crippen MR) is 55.8 cm³/mol. The lowest BCUT2D eigenvalue weighted by Crippen LogP contribution is -2.05. The molecule has 0 aromatic carbocycles. The summed E-state index contributed by atoms with van der Waals surface area (Å²) in [5, 5.41) is 7.92. The summed E-state index contributed by atoms with van der Waals surface area (Å²) in [6, 6.07) is 2.24. The van der Waals surface area contributed by atoms with Gasteiger partial charge in [0.25, 0.3) is 0 Å². The van der Waals surface area contributed by atoms with Gasteiger partial charge in [-0.25, -0.2) is 0 Å². The standard InChI is InChI=1S/C8H3BrF3N3S/c9-7-15-14-6(16-7)5-2-1-4(3-13-5)8(10,11)12/h1-3H. The normalized spacial score (nSPS) is 11.8. The van der Waals surface area contributed by atoms with Gasteiger partial charge in [0.2, 0.25) is 0 Å². The largest absolute Gasteiger partial charge is 0.417 e. The molecule has 0 aliphatic carbocycles. The number of rotatable bonds is 1. The van der Waals surface area contributed by atoms with Crippen molar-refractivity contribution in [2.75, 3.05) is 0 Å². The molecular formula is C8H3BrF3N3S. The number of hydrogen-bond acceptors (Lipinski definition) is 4. The average molecular weight is 310 g/mol. The van der Waals surface area contributed by atoms with Crippen LogP contribution in [0.5, 0.6) is 0 Å². The van der Waals surface area contributed by atoms with Crippen LogP contribution in [-0.2, 0) is 6.18 Å². The van der Waals surface area contributed by atoms with Crippen LogP contribution >= 0.6 is 27.3 Å². The maximum absolute atomic E-state index is 12.3. The Labute approximate surface area is 100 Å². The van der Waals surface area contributed by atoms with Gasteiger partial charge in [-0.2, -0.15) is 13.2 Å². The van der Waals surface area contributed by atoms with Crippen LogP contribution in [0.1, 0.15) is 5.56 Å². The summed E-state index contributed by atoms with van der Waals surface area (Å²) in [7, 11) is 0. The Morgan fingerprint density at radius 2 is 1.94 bits per heavy atom. The molecule has 0 saturated carbocycles. The molecule has 3 nitrogen and oxygen atoms in total. The summed E-state index contributed by atoms with van der Waals surface area (Å²) < 4.78 is 37.3. The highest BCUT2D eigenvalue weighted by atomic mass is 79.9. The van der Waals surface area contributed by atoms with E-state index in [1.165, 1.54) is 17.4 Å². The van der Waals surface area contributed by atoms with E-state index in [0.29, 0.717) is 14.6 Å². The van der Waals surface area contributed by atoms with E-state index in [1.807, 2.05) is 0 Å². The Bertz CT molecular complexity index is 494. The molecule has 0 bridgehead atoms. The first-order valence-corrected chi connectivity index (χ1v) is 5.60. The van der Waals surface area contributed by atoms with Crippen LogP contribution in [0.25, 0.3) is 10.7 Å². The zero-order valence-corrected chi connectivity index (χ0v) is 9.90. The Morgan fingerprint density at radius 1 is 1.19 bits per heavy atom. The molecule has 2 heterocycles. The van der Waals surface area contributed by atoms with E-state index in [9.17, 15) is 13.2 Å². The molecule has 0 atom stereocenters. The van der Waals surface area contributed by atoms with Gasteiger partial charge in [-0.1, -0.05) is 11.3 Å². The van der Waals surface area contributed by atoms with Crippen LogP contribution in [0.15, 0.2) is 22.2 Å². The maximum atomic E-state index is 12.3. The Balaban J connectivity index is 2.33. The van der Waals surface area contributed by atoms with Gasteiger partial charge >= 0.3 is 6.18 Å². The smallest absolute Gasteiger partial charge is 0.253 e. The molecule has 84 valence electrons. The molecule has 2 aromatic rings. The highest BCUT2D eigenvalue weighted by molar-refractivity contribution is 9.11. The first-order chi connectivity index (χ1) is 7.47. The number of alkyl halides is 3. The van der Waals surface area contributed by atoms with E-state index >= 15 is 0 Å². The Hall–Kier alpha value is -1.02. The highest BCUT2D eigenvalue weighted by Crippen LogP contribution is 2.30. The second-order valence-electron chi connectivity index (χ2n) is 2.79. The molecular weight excluding hydrogens is 307 g/mol.